The molecule has 1 aromatic heterocycles. The monoisotopic (exact) mass is 317 g/mol. The number of aryl methyl sites for hydroxylation is 1. The fourth-order valence-electron chi connectivity index (χ4n) is 2.20. The minimum absolute atomic E-state index is 0.0585. The molecule has 1 heterocycles. The van der Waals surface area contributed by atoms with Crippen molar-refractivity contribution in [2.24, 2.45) is 4.99 Å². The summed E-state index contributed by atoms with van der Waals surface area (Å²) in [6.07, 6.45) is 0. The number of nitrogens with one attached hydrogen (secondary N) is 2. The lowest BCUT2D eigenvalue weighted by Gasteiger charge is -2.18. The van der Waals surface area contributed by atoms with E-state index in [-0.39, 0.29) is 12.5 Å². The number of guanidine groups is 1. The number of aliphatic hydroxyl groups excluding tert-OH is 1. The molecule has 0 spiro atoms. The SMILES string of the molecule is CN=C(NCc1sccc1C)NCC(CO)c1ccccc1. The van der Waals surface area contributed by atoms with Crippen molar-refractivity contribution < 1.29 is 5.11 Å². The number of aliphatic hydroxyl groups is 1. The lowest BCUT2D eigenvalue weighted by Crippen LogP contribution is -2.39. The third-order valence-corrected chi connectivity index (χ3v) is 4.64. The van der Waals surface area contributed by atoms with Crippen LogP contribution in [0, 0.1) is 6.92 Å². The molecule has 0 saturated carbocycles. The fraction of sp³-hybridized carbons (Fsp3) is 0.353. The van der Waals surface area contributed by atoms with Gasteiger partial charge in [0.15, 0.2) is 5.96 Å². The molecule has 4 nitrogen and oxygen atoms in total. The second-order valence-corrected chi connectivity index (χ2v) is 6.12. The molecule has 0 aliphatic rings. The van der Waals surface area contributed by atoms with Gasteiger partial charge in [-0.25, -0.2) is 0 Å². The fourth-order valence-corrected chi connectivity index (χ4v) is 3.05. The number of nitrogens with zero attached hydrogens (tertiary/aromatic N) is 1. The summed E-state index contributed by atoms with van der Waals surface area (Å²) in [5, 5.41) is 18.3. The van der Waals surface area contributed by atoms with Crippen LogP contribution in [-0.2, 0) is 6.54 Å². The first-order chi connectivity index (χ1) is 10.7. The molecule has 0 saturated heterocycles. The van der Waals surface area contributed by atoms with Crippen LogP contribution in [0.25, 0.3) is 0 Å². The van der Waals surface area contributed by atoms with Crippen molar-refractivity contribution in [3.8, 4) is 0 Å². The number of benzene rings is 1. The minimum atomic E-state index is 0.0585. The van der Waals surface area contributed by atoms with Crippen molar-refractivity contribution >= 4 is 17.3 Å². The molecule has 0 bridgehead atoms. The van der Waals surface area contributed by atoms with Gasteiger partial charge in [-0.1, -0.05) is 30.3 Å². The van der Waals surface area contributed by atoms with Gasteiger partial charge in [0.05, 0.1) is 13.2 Å². The van der Waals surface area contributed by atoms with Gasteiger partial charge in [-0.05, 0) is 29.5 Å². The largest absolute Gasteiger partial charge is 0.396 e. The van der Waals surface area contributed by atoms with Gasteiger partial charge in [0.1, 0.15) is 0 Å². The summed E-state index contributed by atoms with van der Waals surface area (Å²) in [7, 11) is 1.76. The molecule has 3 N–H and O–H groups in total. The van der Waals surface area contributed by atoms with E-state index >= 15 is 0 Å². The third kappa shape index (κ3) is 4.58. The van der Waals surface area contributed by atoms with Crippen LogP contribution < -0.4 is 10.6 Å². The number of thiophene rings is 1. The van der Waals surface area contributed by atoms with Gasteiger partial charge in [-0.3, -0.25) is 4.99 Å². The molecule has 5 heteroatoms. The topological polar surface area (TPSA) is 56.7 Å². The van der Waals surface area contributed by atoms with Gasteiger partial charge in [0.25, 0.3) is 0 Å². The minimum Gasteiger partial charge on any atom is -0.396 e. The highest BCUT2D eigenvalue weighted by atomic mass is 32.1. The Hall–Kier alpha value is -1.85. The summed E-state index contributed by atoms with van der Waals surface area (Å²) in [5.41, 5.74) is 2.42. The summed E-state index contributed by atoms with van der Waals surface area (Å²) in [6.45, 7) is 3.63. The van der Waals surface area contributed by atoms with Crippen molar-refractivity contribution in [2.45, 2.75) is 19.4 Å². The van der Waals surface area contributed by atoms with Crippen LogP contribution in [0.3, 0.4) is 0 Å². The molecule has 1 aromatic carbocycles. The van der Waals surface area contributed by atoms with Crippen molar-refractivity contribution in [1.82, 2.24) is 10.6 Å². The van der Waals surface area contributed by atoms with E-state index < -0.39 is 0 Å². The summed E-state index contributed by atoms with van der Waals surface area (Å²) < 4.78 is 0. The van der Waals surface area contributed by atoms with E-state index in [9.17, 15) is 5.11 Å². The molecule has 0 amide bonds. The predicted octanol–water partition coefficient (Wildman–Crippen LogP) is 2.50. The Morgan fingerprint density at radius 1 is 1.23 bits per heavy atom. The van der Waals surface area contributed by atoms with Crippen LogP contribution in [0.1, 0.15) is 21.9 Å². The molecule has 0 fully saturated rings. The van der Waals surface area contributed by atoms with Gasteiger partial charge in [-0.2, -0.15) is 0 Å². The van der Waals surface area contributed by atoms with E-state index in [1.165, 1.54) is 10.4 Å². The van der Waals surface area contributed by atoms with Gasteiger partial charge < -0.3 is 15.7 Å². The van der Waals surface area contributed by atoms with E-state index in [0.29, 0.717) is 6.54 Å². The Kier molecular flexibility index (Phi) is 6.43. The number of rotatable bonds is 6. The van der Waals surface area contributed by atoms with Crippen LogP contribution in [0.15, 0.2) is 46.8 Å². The number of hydrogen-bond donors (Lipinski definition) is 3. The zero-order valence-electron chi connectivity index (χ0n) is 13.0. The highest BCUT2D eigenvalue weighted by molar-refractivity contribution is 7.10. The third-order valence-electron chi connectivity index (χ3n) is 3.62. The first-order valence-electron chi connectivity index (χ1n) is 7.38. The zero-order valence-corrected chi connectivity index (χ0v) is 13.9. The molecule has 2 aromatic rings. The van der Waals surface area contributed by atoms with Crippen LogP contribution in [0.5, 0.6) is 0 Å². The van der Waals surface area contributed by atoms with E-state index in [1.54, 1.807) is 18.4 Å². The maximum Gasteiger partial charge on any atom is 0.191 e. The van der Waals surface area contributed by atoms with Crippen LogP contribution in [0.4, 0.5) is 0 Å². The highest BCUT2D eigenvalue weighted by Gasteiger charge is 2.11. The molecule has 22 heavy (non-hydrogen) atoms. The average Bonchev–Trinajstić information content (AvgIpc) is 2.97. The molecule has 1 unspecified atom stereocenters. The maximum absolute atomic E-state index is 9.58. The maximum atomic E-state index is 9.58. The molecule has 2 rings (SSSR count). The smallest absolute Gasteiger partial charge is 0.191 e. The first kappa shape index (κ1) is 16.5. The second-order valence-electron chi connectivity index (χ2n) is 5.12. The standard InChI is InChI=1S/C17H23N3OS/c1-13-8-9-22-16(13)11-20-17(18-2)19-10-15(12-21)14-6-4-3-5-7-14/h3-9,15,21H,10-12H2,1-2H3,(H2,18,19,20). The van der Waals surface area contributed by atoms with E-state index in [4.69, 9.17) is 0 Å². The normalized spacial score (nSPS) is 13.0. The van der Waals surface area contributed by atoms with Gasteiger partial charge >= 0.3 is 0 Å². The molecule has 1 atom stereocenters. The lowest BCUT2D eigenvalue weighted by molar-refractivity contribution is 0.265. The van der Waals surface area contributed by atoms with Gasteiger partial charge in [-0.15, -0.1) is 11.3 Å². The summed E-state index contributed by atoms with van der Waals surface area (Å²) >= 11 is 1.74. The average molecular weight is 317 g/mol. The molecular formula is C17H23N3OS. The van der Waals surface area contributed by atoms with Crippen molar-refractivity contribution in [3.63, 3.8) is 0 Å². The molecule has 0 aliphatic carbocycles. The molecule has 0 aliphatic heterocycles. The first-order valence-corrected chi connectivity index (χ1v) is 8.26. The molecule has 0 radical (unpaired) electrons. The quantitative estimate of drug-likeness (QED) is 0.567. The molecule has 118 valence electrons. The van der Waals surface area contributed by atoms with Crippen molar-refractivity contribution in [1.29, 1.82) is 0 Å². The molecular weight excluding hydrogens is 294 g/mol. The van der Waals surface area contributed by atoms with Crippen LogP contribution >= 0.6 is 11.3 Å². The Morgan fingerprint density at radius 2 is 2.00 bits per heavy atom. The number of aliphatic imine (C=N–C) groups is 1. The summed E-state index contributed by atoms with van der Waals surface area (Å²) in [4.78, 5) is 5.54. The van der Waals surface area contributed by atoms with Crippen molar-refractivity contribution in [3.05, 3.63) is 57.8 Å². The zero-order chi connectivity index (χ0) is 15.8. The Balaban J connectivity index is 1.86. The Bertz CT molecular complexity index is 595. The Morgan fingerprint density at radius 3 is 2.59 bits per heavy atom. The predicted molar refractivity (Wildman–Crippen MR) is 93.5 cm³/mol. The van der Waals surface area contributed by atoms with Gasteiger partial charge in [0.2, 0.25) is 0 Å². The lowest BCUT2D eigenvalue weighted by atomic mass is 10.0. The van der Waals surface area contributed by atoms with Crippen LogP contribution in [0.2, 0.25) is 0 Å². The Labute approximate surface area is 135 Å². The van der Waals surface area contributed by atoms with E-state index in [1.807, 2.05) is 30.3 Å². The summed E-state index contributed by atoms with van der Waals surface area (Å²) in [5.74, 6) is 0.811. The van der Waals surface area contributed by atoms with Crippen LogP contribution in [-0.4, -0.2) is 31.3 Å². The van der Waals surface area contributed by atoms with E-state index in [2.05, 4.69) is 34.0 Å². The number of hydrogen-bond acceptors (Lipinski definition) is 3. The second kappa shape index (κ2) is 8.56. The highest BCUT2D eigenvalue weighted by Crippen LogP contribution is 2.15. The van der Waals surface area contributed by atoms with E-state index in [0.717, 1.165) is 18.1 Å². The van der Waals surface area contributed by atoms with Gasteiger partial charge in [0, 0.05) is 24.4 Å². The summed E-state index contributed by atoms with van der Waals surface area (Å²) in [6, 6.07) is 12.2. The van der Waals surface area contributed by atoms with Crippen molar-refractivity contribution in [2.75, 3.05) is 20.2 Å².